The van der Waals surface area contributed by atoms with E-state index < -0.39 is 0 Å². The Bertz CT molecular complexity index is 460. The molecule has 0 aliphatic heterocycles. The van der Waals surface area contributed by atoms with Crippen molar-refractivity contribution in [2.75, 3.05) is 0 Å². The van der Waals surface area contributed by atoms with E-state index in [2.05, 4.69) is 5.32 Å². The average Bonchev–Trinajstić information content (AvgIpc) is 2.98. The fraction of sp³-hybridized carbons (Fsp3) is 0.667. The Morgan fingerprint density at radius 1 is 1.42 bits per heavy atom. The first-order chi connectivity index (χ1) is 9.16. The molecule has 0 radical (unpaired) electrons. The number of amides is 1. The van der Waals surface area contributed by atoms with Gasteiger partial charge in [-0.15, -0.1) is 0 Å². The number of carbonyl (C=O) groups excluding carboxylic acids is 1. The predicted molar refractivity (Wildman–Crippen MR) is 72.5 cm³/mol. The second kappa shape index (κ2) is 5.00. The molecule has 19 heavy (non-hydrogen) atoms. The quantitative estimate of drug-likeness (QED) is 0.879. The summed E-state index contributed by atoms with van der Waals surface area (Å²) in [5.41, 5.74) is 7.14. The van der Waals surface area contributed by atoms with Crippen LogP contribution in [0, 0.1) is 0 Å². The summed E-state index contributed by atoms with van der Waals surface area (Å²) in [7, 11) is 0. The topological polar surface area (TPSA) is 68.3 Å². The maximum atomic E-state index is 12.2. The van der Waals surface area contributed by atoms with E-state index in [0.29, 0.717) is 6.42 Å². The second-order valence-electron chi connectivity index (χ2n) is 6.06. The molecule has 1 amide bonds. The number of carbonyl (C=O) groups is 1. The van der Waals surface area contributed by atoms with Crippen LogP contribution in [-0.2, 0) is 11.2 Å². The Kier molecular flexibility index (Phi) is 3.35. The molecule has 3 N–H and O–H groups in total. The van der Waals surface area contributed by atoms with E-state index in [-0.39, 0.29) is 17.5 Å². The highest BCUT2D eigenvalue weighted by Gasteiger charge is 2.33. The first-order valence-corrected chi connectivity index (χ1v) is 7.31. The number of furan rings is 1. The van der Waals surface area contributed by atoms with Crippen molar-refractivity contribution in [1.82, 2.24) is 5.32 Å². The van der Waals surface area contributed by atoms with Crippen molar-refractivity contribution >= 4 is 5.91 Å². The molecular weight excluding hydrogens is 240 g/mol. The first kappa shape index (κ1) is 12.7. The predicted octanol–water partition coefficient (Wildman–Crippen LogP) is 2.43. The summed E-state index contributed by atoms with van der Waals surface area (Å²) in [6, 6.07) is 2.09. The van der Waals surface area contributed by atoms with Crippen molar-refractivity contribution in [3.8, 4) is 0 Å². The third-order valence-corrected chi connectivity index (χ3v) is 4.50. The van der Waals surface area contributed by atoms with E-state index in [0.717, 1.165) is 56.3 Å². The van der Waals surface area contributed by atoms with Gasteiger partial charge in [0.15, 0.2) is 0 Å². The van der Waals surface area contributed by atoms with Crippen molar-refractivity contribution in [2.24, 2.45) is 5.73 Å². The van der Waals surface area contributed by atoms with Crippen LogP contribution >= 0.6 is 0 Å². The lowest BCUT2D eigenvalue weighted by atomic mass is 9.91. The zero-order valence-electron chi connectivity index (χ0n) is 11.3. The molecule has 0 saturated heterocycles. The van der Waals surface area contributed by atoms with Crippen molar-refractivity contribution in [1.29, 1.82) is 0 Å². The number of nitrogens with two attached hydrogens (primary N) is 1. The molecule has 4 nitrogen and oxygen atoms in total. The largest absolute Gasteiger partial charge is 0.469 e. The summed E-state index contributed by atoms with van der Waals surface area (Å²) in [6.45, 7) is 0. The highest BCUT2D eigenvalue weighted by molar-refractivity contribution is 5.77. The number of nitrogens with one attached hydrogen (secondary N) is 1. The normalized spacial score (nSPS) is 25.0. The lowest BCUT2D eigenvalue weighted by Crippen LogP contribution is -2.43. The zero-order valence-corrected chi connectivity index (χ0v) is 11.3. The Labute approximate surface area is 113 Å². The molecule has 1 fully saturated rings. The molecule has 0 spiro atoms. The molecule has 104 valence electrons. The molecule has 1 saturated carbocycles. The molecule has 1 heterocycles. The number of hydrogen-bond donors (Lipinski definition) is 2. The maximum Gasteiger partial charge on any atom is 0.222 e. The molecule has 4 heteroatoms. The Morgan fingerprint density at radius 2 is 2.21 bits per heavy atom. The molecule has 2 aliphatic carbocycles. The number of hydrogen-bond acceptors (Lipinski definition) is 3. The third-order valence-electron chi connectivity index (χ3n) is 4.50. The van der Waals surface area contributed by atoms with Gasteiger partial charge in [0.2, 0.25) is 5.91 Å². The standard InChI is InChI=1S/C15H22N2O2/c16-15(7-1-2-8-15)10-14(18)17-12-4-3-5-13-11(12)6-9-19-13/h6,9,12H,1-5,7-8,10,16H2,(H,17,18). The van der Waals surface area contributed by atoms with E-state index in [1.54, 1.807) is 6.26 Å². The summed E-state index contributed by atoms with van der Waals surface area (Å²) in [4.78, 5) is 12.2. The van der Waals surface area contributed by atoms with Gasteiger partial charge in [0.25, 0.3) is 0 Å². The van der Waals surface area contributed by atoms with Gasteiger partial charge in [0.1, 0.15) is 5.76 Å². The zero-order chi connectivity index (χ0) is 13.3. The highest BCUT2D eigenvalue weighted by Crippen LogP contribution is 2.32. The van der Waals surface area contributed by atoms with Crippen LogP contribution in [0.5, 0.6) is 0 Å². The van der Waals surface area contributed by atoms with Gasteiger partial charge in [0.05, 0.1) is 12.3 Å². The molecule has 1 atom stereocenters. The molecule has 0 aromatic carbocycles. The average molecular weight is 262 g/mol. The molecule has 1 aromatic heterocycles. The minimum atomic E-state index is -0.266. The number of rotatable bonds is 3. The monoisotopic (exact) mass is 262 g/mol. The lowest BCUT2D eigenvalue weighted by Gasteiger charge is -2.26. The Hall–Kier alpha value is -1.29. The summed E-state index contributed by atoms with van der Waals surface area (Å²) in [5, 5.41) is 3.13. The molecule has 0 bridgehead atoms. The lowest BCUT2D eigenvalue weighted by molar-refractivity contribution is -0.123. The summed E-state index contributed by atoms with van der Waals surface area (Å²) in [5.74, 6) is 1.11. The van der Waals surface area contributed by atoms with Crippen LogP contribution in [-0.4, -0.2) is 11.4 Å². The summed E-state index contributed by atoms with van der Waals surface area (Å²) < 4.78 is 5.45. The van der Waals surface area contributed by atoms with E-state index >= 15 is 0 Å². The highest BCUT2D eigenvalue weighted by atomic mass is 16.3. The minimum Gasteiger partial charge on any atom is -0.469 e. The van der Waals surface area contributed by atoms with Gasteiger partial charge in [-0.1, -0.05) is 12.8 Å². The molecule has 2 aliphatic rings. The van der Waals surface area contributed by atoms with Gasteiger partial charge in [-0.05, 0) is 31.7 Å². The molecule has 3 rings (SSSR count). The van der Waals surface area contributed by atoms with Crippen LogP contribution in [0.2, 0.25) is 0 Å². The van der Waals surface area contributed by atoms with E-state index in [4.69, 9.17) is 10.2 Å². The van der Waals surface area contributed by atoms with Crippen LogP contribution in [0.1, 0.15) is 62.3 Å². The fourth-order valence-electron chi connectivity index (χ4n) is 3.46. The van der Waals surface area contributed by atoms with Gasteiger partial charge in [-0.2, -0.15) is 0 Å². The molecule has 1 unspecified atom stereocenters. The smallest absolute Gasteiger partial charge is 0.222 e. The fourth-order valence-corrected chi connectivity index (χ4v) is 3.46. The van der Waals surface area contributed by atoms with Crippen LogP contribution in [0.15, 0.2) is 16.7 Å². The van der Waals surface area contributed by atoms with E-state index in [1.807, 2.05) is 6.07 Å². The van der Waals surface area contributed by atoms with Crippen LogP contribution in [0.3, 0.4) is 0 Å². The number of fused-ring (bicyclic) bond motifs is 1. The Balaban J connectivity index is 1.62. The third kappa shape index (κ3) is 2.68. The van der Waals surface area contributed by atoms with Crippen molar-refractivity contribution in [3.63, 3.8) is 0 Å². The Morgan fingerprint density at radius 3 is 3.00 bits per heavy atom. The van der Waals surface area contributed by atoms with Crippen LogP contribution in [0.25, 0.3) is 0 Å². The van der Waals surface area contributed by atoms with E-state index in [9.17, 15) is 4.79 Å². The van der Waals surface area contributed by atoms with Crippen LogP contribution in [0.4, 0.5) is 0 Å². The first-order valence-electron chi connectivity index (χ1n) is 7.31. The van der Waals surface area contributed by atoms with Gasteiger partial charge < -0.3 is 15.5 Å². The van der Waals surface area contributed by atoms with Gasteiger partial charge in [-0.25, -0.2) is 0 Å². The van der Waals surface area contributed by atoms with Crippen molar-refractivity contribution in [2.45, 2.75) is 62.9 Å². The van der Waals surface area contributed by atoms with Gasteiger partial charge in [0, 0.05) is 23.9 Å². The van der Waals surface area contributed by atoms with Crippen molar-refractivity contribution < 1.29 is 9.21 Å². The number of aryl methyl sites for hydroxylation is 1. The molecule has 1 aromatic rings. The van der Waals surface area contributed by atoms with Crippen LogP contribution < -0.4 is 11.1 Å². The second-order valence-corrected chi connectivity index (χ2v) is 6.06. The summed E-state index contributed by atoms with van der Waals surface area (Å²) >= 11 is 0. The van der Waals surface area contributed by atoms with E-state index in [1.165, 1.54) is 0 Å². The van der Waals surface area contributed by atoms with Gasteiger partial charge >= 0.3 is 0 Å². The maximum absolute atomic E-state index is 12.2. The minimum absolute atomic E-state index is 0.0865. The SMILES string of the molecule is NC1(CC(=O)NC2CCCc3occc32)CCCC1. The summed E-state index contributed by atoms with van der Waals surface area (Å²) in [6.07, 6.45) is 9.47. The van der Waals surface area contributed by atoms with Gasteiger partial charge in [-0.3, -0.25) is 4.79 Å². The van der Waals surface area contributed by atoms with Crippen molar-refractivity contribution in [3.05, 3.63) is 23.7 Å². The molecular formula is C15H22N2O2.